The maximum absolute atomic E-state index is 12.3. The fourth-order valence-electron chi connectivity index (χ4n) is 1.83. The lowest BCUT2D eigenvalue weighted by molar-refractivity contribution is -0.156. The van der Waals surface area contributed by atoms with E-state index in [1.54, 1.807) is 23.3 Å². The molecule has 0 spiro atoms. The van der Waals surface area contributed by atoms with Crippen LogP contribution in [0.1, 0.15) is 5.56 Å². The summed E-state index contributed by atoms with van der Waals surface area (Å²) in [5.41, 5.74) is 6.30. The molecule has 5 heteroatoms. The van der Waals surface area contributed by atoms with Gasteiger partial charge >= 0.3 is 0 Å². The van der Waals surface area contributed by atoms with Crippen molar-refractivity contribution in [1.82, 2.24) is 0 Å². The van der Waals surface area contributed by atoms with E-state index in [4.69, 9.17) is 10.5 Å². The highest BCUT2D eigenvalue weighted by Gasteiger charge is 2.46. The van der Waals surface area contributed by atoms with Gasteiger partial charge in [0, 0.05) is 13.6 Å². The first-order valence-electron chi connectivity index (χ1n) is 5.21. The van der Waals surface area contributed by atoms with Gasteiger partial charge in [-0.05, 0) is 23.9 Å². The molecule has 16 heavy (non-hydrogen) atoms. The number of carbonyl (C=O) groups excluding carboxylic acids is 1. The summed E-state index contributed by atoms with van der Waals surface area (Å²) in [6.45, 7) is 3.23. The number of nitrogens with zero attached hydrogens (tertiary/aromatic N) is 1. The number of anilines is 1. The third-order valence-corrected chi connectivity index (χ3v) is 4.14. The Hall–Kier alpha value is -0.910. The molecule has 88 valence electrons. The van der Waals surface area contributed by atoms with Crippen LogP contribution >= 0.6 is 11.3 Å². The van der Waals surface area contributed by atoms with Gasteiger partial charge in [-0.1, -0.05) is 0 Å². The van der Waals surface area contributed by atoms with Crippen LogP contribution in [0.2, 0.25) is 0 Å². The van der Waals surface area contributed by atoms with Crippen molar-refractivity contribution in [2.75, 3.05) is 31.7 Å². The standard InChI is InChI=1S/C11H16N2O2S/c1-8-3-4-16-9(8)13(2)10(14)11(5-12)6-15-7-11/h3-4H,5-7,12H2,1-2H3. The Morgan fingerprint density at radius 1 is 1.69 bits per heavy atom. The summed E-state index contributed by atoms with van der Waals surface area (Å²) in [5, 5.41) is 2.98. The molecule has 0 bridgehead atoms. The van der Waals surface area contributed by atoms with E-state index in [1.165, 1.54) is 0 Å². The summed E-state index contributed by atoms with van der Waals surface area (Å²) in [6, 6.07) is 2.01. The lowest BCUT2D eigenvalue weighted by Gasteiger charge is -2.41. The van der Waals surface area contributed by atoms with Crippen molar-refractivity contribution >= 4 is 22.2 Å². The van der Waals surface area contributed by atoms with Gasteiger partial charge in [-0.2, -0.15) is 0 Å². The van der Waals surface area contributed by atoms with Crippen LogP contribution < -0.4 is 10.6 Å². The lowest BCUT2D eigenvalue weighted by Crippen LogP contribution is -2.58. The van der Waals surface area contributed by atoms with Gasteiger partial charge in [0.2, 0.25) is 5.91 Å². The van der Waals surface area contributed by atoms with Crippen LogP contribution in [0.5, 0.6) is 0 Å². The highest BCUT2D eigenvalue weighted by Crippen LogP contribution is 2.33. The maximum atomic E-state index is 12.3. The average Bonchev–Trinajstić information content (AvgIpc) is 2.62. The molecule has 0 saturated carbocycles. The van der Waals surface area contributed by atoms with E-state index >= 15 is 0 Å². The van der Waals surface area contributed by atoms with Gasteiger partial charge in [0.25, 0.3) is 0 Å². The second kappa shape index (κ2) is 4.16. The van der Waals surface area contributed by atoms with Crippen LogP contribution in [0.15, 0.2) is 11.4 Å². The number of nitrogens with two attached hydrogens (primary N) is 1. The van der Waals surface area contributed by atoms with Gasteiger partial charge in [0.15, 0.2) is 0 Å². The molecule has 4 nitrogen and oxygen atoms in total. The molecule has 0 aromatic carbocycles. The van der Waals surface area contributed by atoms with E-state index < -0.39 is 5.41 Å². The fourth-order valence-corrected chi connectivity index (χ4v) is 2.73. The van der Waals surface area contributed by atoms with Crippen LogP contribution in [-0.4, -0.2) is 32.7 Å². The third kappa shape index (κ3) is 1.65. The summed E-state index contributed by atoms with van der Waals surface area (Å²) >= 11 is 1.57. The first-order valence-corrected chi connectivity index (χ1v) is 6.09. The molecule has 0 radical (unpaired) electrons. The summed E-state index contributed by atoms with van der Waals surface area (Å²) in [5.74, 6) is 0.0619. The Balaban J connectivity index is 2.19. The lowest BCUT2D eigenvalue weighted by atomic mass is 9.84. The summed E-state index contributed by atoms with van der Waals surface area (Å²) in [7, 11) is 1.80. The van der Waals surface area contributed by atoms with E-state index in [1.807, 2.05) is 18.4 Å². The van der Waals surface area contributed by atoms with E-state index in [9.17, 15) is 4.79 Å². The first-order chi connectivity index (χ1) is 7.60. The molecule has 1 aliphatic heterocycles. The molecule has 0 atom stereocenters. The van der Waals surface area contributed by atoms with Crippen LogP contribution in [0, 0.1) is 12.3 Å². The van der Waals surface area contributed by atoms with Crippen molar-refractivity contribution < 1.29 is 9.53 Å². The molecular weight excluding hydrogens is 224 g/mol. The number of amides is 1. The predicted molar refractivity (Wildman–Crippen MR) is 64.8 cm³/mol. The number of thiophene rings is 1. The van der Waals surface area contributed by atoms with E-state index in [-0.39, 0.29) is 5.91 Å². The molecule has 2 N–H and O–H groups in total. The normalized spacial score (nSPS) is 17.9. The van der Waals surface area contributed by atoms with Crippen LogP contribution in [0.4, 0.5) is 5.00 Å². The van der Waals surface area contributed by atoms with Crippen LogP contribution in [-0.2, 0) is 9.53 Å². The van der Waals surface area contributed by atoms with Crippen LogP contribution in [0.3, 0.4) is 0 Å². The smallest absolute Gasteiger partial charge is 0.239 e. The quantitative estimate of drug-likeness (QED) is 0.857. The van der Waals surface area contributed by atoms with E-state index in [0.717, 1.165) is 10.6 Å². The van der Waals surface area contributed by atoms with Crippen molar-refractivity contribution in [3.8, 4) is 0 Å². The minimum atomic E-state index is -0.495. The van der Waals surface area contributed by atoms with Gasteiger partial charge in [-0.25, -0.2) is 0 Å². The second-order valence-electron chi connectivity index (χ2n) is 4.25. The summed E-state index contributed by atoms with van der Waals surface area (Å²) in [4.78, 5) is 14.0. The molecule has 1 aromatic rings. The average molecular weight is 240 g/mol. The highest BCUT2D eigenvalue weighted by molar-refractivity contribution is 7.14. The second-order valence-corrected chi connectivity index (χ2v) is 5.14. The Labute approximate surface area is 99.0 Å². The molecule has 0 aliphatic carbocycles. The Bertz CT molecular complexity index is 393. The van der Waals surface area contributed by atoms with Crippen molar-refractivity contribution in [2.24, 2.45) is 11.1 Å². The van der Waals surface area contributed by atoms with Crippen molar-refractivity contribution in [1.29, 1.82) is 0 Å². The first kappa shape index (κ1) is 11.6. The van der Waals surface area contributed by atoms with Gasteiger partial charge in [0.1, 0.15) is 10.4 Å². The Morgan fingerprint density at radius 2 is 2.38 bits per heavy atom. The summed E-state index contributed by atoms with van der Waals surface area (Å²) in [6.07, 6.45) is 0. The fraction of sp³-hybridized carbons (Fsp3) is 0.545. The highest BCUT2D eigenvalue weighted by atomic mass is 32.1. The molecule has 1 aliphatic rings. The van der Waals surface area contributed by atoms with E-state index in [0.29, 0.717) is 19.8 Å². The van der Waals surface area contributed by atoms with E-state index in [2.05, 4.69) is 0 Å². The molecule has 2 heterocycles. The predicted octanol–water partition coefficient (Wildman–Crippen LogP) is 0.995. The zero-order valence-corrected chi connectivity index (χ0v) is 10.3. The monoisotopic (exact) mass is 240 g/mol. The van der Waals surface area contributed by atoms with Crippen molar-refractivity contribution in [3.05, 3.63) is 17.0 Å². The SMILES string of the molecule is Cc1ccsc1N(C)C(=O)C1(CN)COC1. The zero-order valence-electron chi connectivity index (χ0n) is 9.53. The zero-order chi connectivity index (χ0) is 11.8. The summed E-state index contributed by atoms with van der Waals surface area (Å²) < 4.78 is 5.12. The molecule has 1 amide bonds. The van der Waals surface area contributed by atoms with Gasteiger partial charge in [0.05, 0.1) is 13.2 Å². The minimum absolute atomic E-state index is 0.0619. The molecule has 0 unspecified atom stereocenters. The minimum Gasteiger partial charge on any atom is -0.379 e. The van der Waals surface area contributed by atoms with Crippen molar-refractivity contribution in [2.45, 2.75) is 6.92 Å². The molecule has 1 aromatic heterocycles. The van der Waals surface area contributed by atoms with Gasteiger partial charge < -0.3 is 15.4 Å². The number of carbonyl (C=O) groups is 1. The Morgan fingerprint density at radius 3 is 2.75 bits per heavy atom. The number of ether oxygens (including phenoxy) is 1. The largest absolute Gasteiger partial charge is 0.379 e. The van der Waals surface area contributed by atoms with Crippen LogP contribution in [0.25, 0.3) is 0 Å². The number of hydrogen-bond donors (Lipinski definition) is 1. The third-order valence-electron chi connectivity index (χ3n) is 3.05. The number of rotatable bonds is 3. The molecular formula is C11H16N2O2S. The van der Waals surface area contributed by atoms with Crippen molar-refractivity contribution in [3.63, 3.8) is 0 Å². The molecule has 1 fully saturated rings. The maximum Gasteiger partial charge on any atom is 0.239 e. The number of hydrogen-bond acceptors (Lipinski definition) is 4. The van der Waals surface area contributed by atoms with Gasteiger partial charge in [-0.3, -0.25) is 4.79 Å². The topological polar surface area (TPSA) is 55.6 Å². The van der Waals surface area contributed by atoms with Gasteiger partial charge in [-0.15, -0.1) is 11.3 Å². The molecule has 2 rings (SSSR count). The Kier molecular flexibility index (Phi) is 3.01. The molecule has 1 saturated heterocycles. The number of aryl methyl sites for hydroxylation is 1.